The van der Waals surface area contributed by atoms with Crippen molar-refractivity contribution in [2.24, 2.45) is 0 Å². The Morgan fingerprint density at radius 3 is 2.25 bits per heavy atom. The molecule has 1 N–H and O–H groups in total. The molecular formula is C16H24Cl2N2. The molecule has 1 atom stereocenters. The molecule has 1 aliphatic heterocycles. The third-order valence-corrected chi connectivity index (χ3v) is 5.30. The van der Waals surface area contributed by atoms with E-state index in [-0.39, 0.29) is 5.54 Å². The molecule has 1 aromatic rings. The molecule has 2 rings (SSSR count). The predicted octanol–water partition coefficient (Wildman–Crippen LogP) is 4.00. The van der Waals surface area contributed by atoms with Crippen molar-refractivity contribution in [3.05, 3.63) is 33.8 Å². The molecule has 0 bridgehead atoms. The minimum Gasteiger partial charge on any atom is -0.315 e. The molecule has 20 heavy (non-hydrogen) atoms. The van der Waals surface area contributed by atoms with Gasteiger partial charge in [-0.3, -0.25) is 4.90 Å². The quantitative estimate of drug-likeness (QED) is 0.883. The molecule has 112 valence electrons. The minimum absolute atomic E-state index is 0.0910. The largest absolute Gasteiger partial charge is 0.315 e. The highest BCUT2D eigenvalue weighted by Gasteiger charge is 2.36. The minimum atomic E-state index is 0.0910. The summed E-state index contributed by atoms with van der Waals surface area (Å²) >= 11 is 12.6. The van der Waals surface area contributed by atoms with Crippen LogP contribution < -0.4 is 5.32 Å². The van der Waals surface area contributed by atoms with E-state index in [9.17, 15) is 0 Å². The fraction of sp³-hybridized carbons (Fsp3) is 0.625. The van der Waals surface area contributed by atoms with Crippen molar-refractivity contribution in [3.63, 3.8) is 0 Å². The lowest BCUT2D eigenvalue weighted by atomic mass is 9.87. The second kappa shape index (κ2) is 6.65. The Morgan fingerprint density at radius 2 is 1.75 bits per heavy atom. The van der Waals surface area contributed by atoms with Gasteiger partial charge in [-0.25, -0.2) is 0 Å². The normalized spacial score (nSPS) is 18.4. The zero-order valence-electron chi connectivity index (χ0n) is 12.5. The first-order valence-electron chi connectivity index (χ1n) is 7.32. The summed E-state index contributed by atoms with van der Waals surface area (Å²) in [7, 11) is 2.02. The maximum Gasteiger partial charge on any atom is 0.0453 e. The van der Waals surface area contributed by atoms with Gasteiger partial charge in [-0.1, -0.05) is 29.3 Å². The SMILES string of the molecule is CNC(Cc1c(Cl)cccc1Cl)C(C)(C)N1CCCC1. The second-order valence-corrected chi connectivity index (χ2v) is 6.91. The lowest BCUT2D eigenvalue weighted by molar-refractivity contribution is 0.110. The number of hydrogen-bond acceptors (Lipinski definition) is 2. The Bertz CT molecular complexity index is 434. The summed E-state index contributed by atoms with van der Waals surface area (Å²) in [5.41, 5.74) is 1.13. The van der Waals surface area contributed by atoms with E-state index in [1.54, 1.807) is 0 Å². The first kappa shape index (κ1) is 16.1. The van der Waals surface area contributed by atoms with E-state index in [2.05, 4.69) is 24.1 Å². The molecule has 1 aliphatic rings. The number of halogens is 2. The number of rotatable bonds is 5. The molecule has 1 saturated heterocycles. The molecule has 4 heteroatoms. The van der Waals surface area contributed by atoms with E-state index in [0.717, 1.165) is 22.0 Å². The molecule has 1 unspecified atom stereocenters. The second-order valence-electron chi connectivity index (χ2n) is 6.09. The third-order valence-electron chi connectivity index (χ3n) is 4.59. The Hall–Kier alpha value is -0.280. The fourth-order valence-corrected chi connectivity index (χ4v) is 3.70. The average molecular weight is 315 g/mol. The van der Waals surface area contributed by atoms with Crippen molar-refractivity contribution in [2.75, 3.05) is 20.1 Å². The van der Waals surface area contributed by atoms with Crippen LogP contribution in [0.3, 0.4) is 0 Å². The van der Waals surface area contributed by atoms with E-state index >= 15 is 0 Å². The summed E-state index contributed by atoms with van der Waals surface area (Å²) in [6.45, 7) is 6.98. The van der Waals surface area contributed by atoms with Gasteiger partial charge in [0.1, 0.15) is 0 Å². The predicted molar refractivity (Wildman–Crippen MR) is 87.9 cm³/mol. The third kappa shape index (κ3) is 3.30. The number of benzene rings is 1. The zero-order chi connectivity index (χ0) is 14.8. The smallest absolute Gasteiger partial charge is 0.0453 e. The van der Waals surface area contributed by atoms with Crippen LogP contribution in [0.1, 0.15) is 32.3 Å². The van der Waals surface area contributed by atoms with Crippen LogP contribution in [0.15, 0.2) is 18.2 Å². The Labute approximate surface area is 132 Å². The van der Waals surface area contributed by atoms with E-state index in [4.69, 9.17) is 23.2 Å². The highest BCUT2D eigenvalue weighted by molar-refractivity contribution is 6.36. The first-order valence-corrected chi connectivity index (χ1v) is 8.07. The highest BCUT2D eigenvalue weighted by atomic mass is 35.5. The molecular weight excluding hydrogens is 291 g/mol. The molecule has 2 nitrogen and oxygen atoms in total. The fourth-order valence-electron chi connectivity index (χ4n) is 3.15. The van der Waals surface area contributed by atoms with Crippen LogP contribution in [0, 0.1) is 0 Å². The summed E-state index contributed by atoms with van der Waals surface area (Å²) in [4.78, 5) is 2.57. The summed E-state index contributed by atoms with van der Waals surface area (Å²) in [6, 6.07) is 6.04. The van der Waals surface area contributed by atoms with Crippen molar-refractivity contribution in [2.45, 2.75) is 44.7 Å². The molecule has 0 radical (unpaired) electrons. The number of likely N-dealkylation sites (N-methyl/N-ethyl adjacent to an activating group) is 1. The lowest BCUT2D eigenvalue weighted by Gasteiger charge is -2.42. The summed E-state index contributed by atoms with van der Waals surface area (Å²) < 4.78 is 0. The average Bonchev–Trinajstić information content (AvgIpc) is 2.92. The summed E-state index contributed by atoms with van der Waals surface area (Å²) in [5, 5.41) is 4.98. The molecule has 0 spiro atoms. The van der Waals surface area contributed by atoms with E-state index in [1.165, 1.54) is 25.9 Å². The van der Waals surface area contributed by atoms with Crippen LogP contribution >= 0.6 is 23.2 Å². The Balaban J connectivity index is 2.20. The van der Waals surface area contributed by atoms with Crippen molar-refractivity contribution in [3.8, 4) is 0 Å². The summed E-state index contributed by atoms with van der Waals surface area (Å²) in [5.74, 6) is 0. The molecule has 1 fully saturated rings. The van der Waals surface area contributed by atoms with Crippen molar-refractivity contribution >= 4 is 23.2 Å². The Kier molecular flexibility index (Phi) is 5.36. The van der Waals surface area contributed by atoms with Gasteiger partial charge in [-0.05, 0) is 70.9 Å². The number of nitrogens with zero attached hydrogens (tertiary/aromatic N) is 1. The van der Waals surface area contributed by atoms with Gasteiger partial charge in [0, 0.05) is 21.6 Å². The Morgan fingerprint density at radius 1 is 1.20 bits per heavy atom. The van der Waals surface area contributed by atoms with Gasteiger partial charge in [-0.2, -0.15) is 0 Å². The van der Waals surface area contributed by atoms with Gasteiger partial charge in [0.15, 0.2) is 0 Å². The van der Waals surface area contributed by atoms with Gasteiger partial charge >= 0.3 is 0 Å². The van der Waals surface area contributed by atoms with Crippen molar-refractivity contribution in [1.82, 2.24) is 10.2 Å². The van der Waals surface area contributed by atoms with Crippen molar-refractivity contribution in [1.29, 1.82) is 0 Å². The lowest BCUT2D eigenvalue weighted by Crippen LogP contribution is -2.57. The van der Waals surface area contributed by atoms with Gasteiger partial charge in [0.25, 0.3) is 0 Å². The molecule has 0 saturated carbocycles. The van der Waals surface area contributed by atoms with Crippen LogP contribution in [0.25, 0.3) is 0 Å². The van der Waals surface area contributed by atoms with Gasteiger partial charge < -0.3 is 5.32 Å². The number of nitrogens with one attached hydrogen (secondary N) is 1. The van der Waals surface area contributed by atoms with Crippen LogP contribution in [0.5, 0.6) is 0 Å². The van der Waals surface area contributed by atoms with Crippen LogP contribution in [0.2, 0.25) is 10.0 Å². The number of likely N-dealkylation sites (tertiary alicyclic amines) is 1. The first-order chi connectivity index (χ1) is 9.46. The van der Waals surface area contributed by atoms with Crippen LogP contribution in [-0.4, -0.2) is 36.6 Å². The molecule has 0 amide bonds. The molecule has 0 aromatic heterocycles. The standard InChI is InChI=1S/C16H24Cl2N2/c1-16(2,20-9-4-5-10-20)15(19-3)11-12-13(17)7-6-8-14(12)18/h6-8,15,19H,4-5,9-11H2,1-3H3. The van der Waals surface area contributed by atoms with Gasteiger partial charge in [-0.15, -0.1) is 0 Å². The van der Waals surface area contributed by atoms with E-state index in [1.807, 2.05) is 25.2 Å². The van der Waals surface area contributed by atoms with E-state index in [0.29, 0.717) is 6.04 Å². The maximum atomic E-state index is 6.31. The van der Waals surface area contributed by atoms with Crippen LogP contribution in [-0.2, 0) is 6.42 Å². The number of hydrogen-bond donors (Lipinski definition) is 1. The van der Waals surface area contributed by atoms with Gasteiger partial charge in [0.2, 0.25) is 0 Å². The highest BCUT2D eigenvalue weighted by Crippen LogP contribution is 2.31. The summed E-state index contributed by atoms with van der Waals surface area (Å²) in [6.07, 6.45) is 3.44. The van der Waals surface area contributed by atoms with Crippen molar-refractivity contribution < 1.29 is 0 Å². The molecule has 1 aromatic carbocycles. The van der Waals surface area contributed by atoms with Gasteiger partial charge in [0.05, 0.1) is 0 Å². The monoisotopic (exact) mass is 314 g/mol. The zero-order valence-corrected chi connectivity index (χ0v) is 14.1. The van der Waals surface area contributed by atoms with E-state index < -0.39 is 0 Å². The maximum absolute atomic E-state index is 6.31. The molecule has 1 heterocycles. The topological polar surface area (TPSA) is 15.3 Å². The molecule has 0 aliphatic carbocycles. The van der Waals surface area contributed by atoms with Crippen LogP contribution in [0.4, 0.5) is 0 Å².